The summed E-state index contributed by atoms with van der Waals surface area (Å²) in [7, 11) is 0. The Labute approximate surface area is 97.3 Å². The van der Waals surface area contributed by atoms with E-state index in [0.717, 1.165) is 0 Å². The molecule has 0 aromatic carbocycles. The maximum absolute atomic E-state index is 12.0. The van der Waals surface area contributed by atoms with Crippen molar-refractivity contribution in [1.29, 1.82) is 0 Å². The van der Waals surface area contributed by atoms with Gasteiger partial charge in [0.05, 0.1) is 22.8 Å². The molecule has 0 saturated carbocycles. The minimum absolute atomic E-state index is 0.124. The number of carbonyl (C=O) groups is 1. The molecular formula is C10H11ClN2O3. The Morgan fingerprint density at radius 2 is 2.06 bits per heavy atom. The third-order valence-corrected chi connectivity index (χ3v) is 2.85. The fourth-order valence-corrected chi connectivity index (χ4v) is 1.85. The van der Waals surface area contributed by atoms with E-state index in [-0.39, 0.29) is 24.0 Å². The van der Waals surface area contributed by atoms with Crippen LogP contribution in [0.3, 0.4) is 0 Å². The maximum Gasteiger partial charge on any atom is 0.255 e. The molecule has 1 saturated heterocycles. The van der Waals surface area contributed by atoms with Crippen molar-refractivity contribution in [1.82, 2.24) is 9.88 Å². The summed E-state index contributed by atoms with van der Waals surface area (Å²) in [5.41, 5.74) is 0.331. The van der Waals surface area contributed by atoms with Gasteiger partial charge < -0.3 is 15.1 Å². The molecule has 0 bridgehead atoms. The lowest BCUT2D eigenvalue weighted by Crippen LogP contribution is -2.30. The number of rotatable bonds is 1. The molecule has 2 N–H and O–H groups in total. The van der Waals surface area contributed by atoms with Gasteiger partial charge in [-0.05, 0) is 6.07 Å². The Morgan fingerprint density at radius 1 is 1.44 bits per heavy atom. The van der Waals surface area contributed by atoms with E-state index in [1.165, 1.54) is 23.4 Å². The predicted octanol–water partition coefficient (Wildman–Crippen LogP) is -0.0874. The highest BCUT2D eigenvalue weighted by Crippen LogP contribution is 2.19. The largest absolute Gasteiger partial charge is 0.388 e. The van der Waals surface area contributed by atoms with Crippen LogP contribution in [0, 0.1) is 0 Å². The molecule has 0 aliphatic carbocycles. The molecule has 2 atom stereocenters. The van der Waals surface area contributed by atoms with Gasteiger partial charge in [-0.25, -0.2) is 0 Å². The van der Waals surface area contributed by atoms with Crippen LogP contribution < -0.4 is 0 Å². The molecule has 16 heavy (non-hydrogen) atoms. The minimum atomic E-state index is -0.885. The average Bonchev–Trinajstić information content (AvgIpc) is 2.59. The van der Waals surface area contributed by atoms with E-state index >= 15 is 0 Å². The zero-order valence-electron chi connectivity index (χ0n) is 8.38. The van der Waals surface area contributed by atoms with Crippen LogP contribution in [0.1, 0.15) is 10.4 Å². The van der Waals surface area contributed by atoms with Crippen molar-refractivity contribution in [2.75, 3.05) is 13.1 Å². The van der Waals surface area contributed by atoms with Crippen molar-refractivity contribution in [3.63, 3.8) is 0 Å². The van der Waals surface area contributed by atoms with Gasteiger partial charge in [-0.15, -0.1) is 0 Å². The third-order valence-electron chi connectivity index (χ3n) is 2.55. The Balaban J connectivity index is 2.18. The number of nitrogens with zero attached hydrogens (tertiary/aromatic N) is 2. The van der Waals surface area contributed by atoms with Gasteiger partial charge in [0, 0.05) is 25.5 Å². The molecule has 0 spiro atoms. The molecule has 0 radical (unpaired) electrons. The van der Waals surface area contributed by atoms with E-state index in [1.807, 2.05) is 0 Å². The van der Waals surface area contributed by atoms with Gasteiger partial charge in [0.25, 0.3) is 5.91 Å². The molecule has 1 aliphatic rings. The second kappa shape index (κ2) is 4.37. The van der Waals surface area contributed by atoms with Crippen LogP contribution in [0.4, 0.5) is 0 Å². The number of β-amino-alcohol motifs (C(OH)–C–C–N with tert-alkyl or cyclic N) is 2. The molecule has 6 heteroatoms. The molecule has 5 nitrogen and oxygen atoms in total. The van der Waals surface area contributed by atoms with Gasteiger partial charge in [0.2, 0.25) is 0 Å². The van der Waals surface area contributed by atoms with Crippen molar-refractivity contribution < 1.29 is 15.0 Å². The summed E-state index contributed by atoms with van der Waals surface area (Å²) in [4.78, 5) is 17.1. The van der Waals surface area contributed by atoms with Crippen molar-refractivity contribution in [3.05, 3.63) is 29.0 Å². The molecule has 86 valence electrons. The lowest BCUT2D eigenvalue weighted by Gasteiger charge is -2.15. The maximum atomic E-state index is 12.0. The Bertz CT molecular complexity index is 403. The van der Waals surface area contributed by atoms with Crippen LogP contribution in [-0.4, -0.2) is 51.3 Å². The van der Waals surface area contributed by atoms with E-state index in [9.17, 15) is 15.0 Å². The van der Waals surface area contributed by atoms with Crippen molar-refractivity contribution in [2.45, 2.75) is 12.2 Å². The first-order valence-electron chi connectivity index (χ1n) is 4.84. The van der Waals surface area contributed by atoms with Gasteiger partial charge in [-0.3, -0.25) is 9.78 Å². The van der Waals surface area contributed by atoms with Crippen LogP contribution in [0.5, 0.6) is 0 Å². The zero-order valence-corrected chi connectivity index (χ0v) is 9.13. The normalized spacial score (nSPS) is 24.8. The molecule has 2 heterocycles. The number of likely N-dealkylation sites (tertiary alicyclic amines) is 1. The predicted molar refractivity (Wildman–Crippen MR) is 57.2 cm³/mol. The SMILES string of the molecule is O=C(c1ccncc1Cl)N1CC(O)C(O)C1. The van der Waals surface area contributed by atoms with Gasteiger partial charge >= 0.3 is 0 Å². The van der Waals surface area contributed by atoms with E-state index in [1.54, 1.807) is 0 Å². The minimum Gasteiger partial charge on any atom is -0.388 e. The van der Waals surface area contributed by atoms with Crippen molar-refractivity contribution in [3.8, 4) is 0 Å². The average molecular weight is 243 g/mol. The first kappa shape index (κ1) is 11.3. The molecular weight excluding hydrogens is 232 g/mol. The number of halogens is 1. The fourth-order valence-electron chi connectivity index (χ4n) is 1.65. The number of hydrogen-bond donors (Lipinski definition) is 2. The summed E-state index contributed by atoms with van der Waals surface area (Å²) in [6.07, 6.45) is 1.09. The highest BCUT2D eigenvalue weighted by molar-refractivity contribution is 6.33. The third kappa shape index (κ3) is 2.02. The second-order valence-electron chi connectivity index (χ2n) is 3.70. The van der Waals surface area contributed by atoms with E-state index in [4.69, 9.17) is 11.6 Å². The quantitative estimate of drug-likeness (QED) is 0.722. The molecule has 1 aliphatic heterocycles. The summed E-state index contributed by atoms with van der Waals surface area (Å²) < 4.78 is 0. The molecule has 1 aromatic rings. The number of hydrogen-bond acceptors (Lipinski definition) is 4. The highest BCUT2D eigenvalue weighted by Gasteiger charge is 2.33. The fraction of sp³-hybridized carbons (Fsp3) is 0.400. The van der Waals surface area contributed by atoms with E-state index in [0.29, 0.717) is 5.56 Å². The summed E-state index contributed by atoms with van der Waals surface area (Å²) in [5, 5.41) is 19.0. The molecule has 1 aromatic heterocycles. The number of aliphatic hydroxyl groups excluding tert-OH is 2. The van der Waals surface area contributed by atoms with Gasteiger partial charge in [-0.1, -0.05) is 11.6 Å². The Hall–Kier alpha value is -1.17. The molecule has 2 unspecified atom stereocenters. The number of aromatic nitrogens is 1. The zero-order chi connectivity index (χ0) is 11.7. The van der Waals surface area contributed by atoms with Crippen LogP contribution in [0.25, 0.3) is 0 Å². The van der Waals surface area contributed by atoms with Crippen LogP contribution >= 0.6 is 11.6 Å². The lowest BCUT2D eigenvalue weighted by atomic mass is 10.2. The van der Waals surface area contributed by atoms with E-state index in [2.05, 4.69) is 4.98 Å². The molecule has 2 rings (SSSR count). The Morgan fingerprint density at radius 3 is 2.62 bits per heavy atom. The van der Waals surface area contributed by atoms with Gasteiger partial charge in [-0.2, -0.15) is 0 Å². The lowest BCUT2D eigenvalue weighted by molar-refractivity contribution is 0.0572. The van der Waals surface area contributed by atoms with Gasteiger partial charge in [0.15, 0.2) is 0 Å². The summed E-state index contributed by atoms with van der Waals surface area (Å²) in [6, 6.07) is 1.52. The number of aliphatic hydroxyl groups is 2. The standard InChI is InChI=1S/C10H11ClN2O3/c11-7-3-12-2-1-6(7)10(16)13-4-8(14)9(15)5-13/h1-3,8-9,14-15H,4-5H2. The first-order chi connectivity index (χ1) is 7.59. The molecule has 1 amide bonds. The summed E-state index contributed by atoms with van der Waals surface area (Å²) in [5.74, 6) is -0.303. The highest BCUT2D eigenvalue weighted by atomic mass is 35.5. The topological polar surface area (TPSA) is 73.7 Å². The monoisotopic (exact) mass is 242 g/mol. The first-order valence-corrected chi connectivity index (χ1v) is 5.22. The Kier molecular flexibility index (Phi) is 3.09. The van der Waals surface area contributed by atoms with Gasteiger partial charge in [0.1, 0.15) is 0 Å². The second-order valence-corrected chi connectivity index (χ2v) is 4.11. The van der Waals surface area contributed by atoms with Crippen molar-refractivity contribution in [2.24, 2.45) is 0 Å². The van der Waals surface area contributed by atoms with Crippen LogP contribution in [-0.2, 0) is 0 Å². The number of amides is 1. The molecule has 1 fully saturated rings. The smallest absolute Gasteiger partial charge is 0.255 e. The number of carbonyl (C=O) groups excluding carboxylic acids is 1. The van der Waals surface area contributed by atoms with Crippen molar-refractivity contribution >= 4 is 17.5 Å². The van der Waals surface area contributed by atoms with Crippen LogP contribution in [0.2, 0.25) is 5.02 Å². The summed E-state index contributed by atoms with van der Waals surface area (Å²) in [6.45, 7) is 0.247. The number of pyridine rings is 1. The van der Waals surface area contributed by atoms with E-state index < -0.39 is 12.2 Å². The summed E-state index contributed by atoms with van der Waals surface area (Å²) >= 11 is 5.84. The van der Waals surface area contributed by atoms with Crippen LogP contribution in [0.15, 0.2) is 18.5 Å².